The molecule has 0 aliphatic heterocycles. The number of nitrogens with zero attached hydrogens (tertiary/aromatic N) is 1. The zero-order chi connectivity index (χ0) is 13.4. The van der Waals surface area contributed by atoms with Crippen LogP contribution >= 0.6 is 0 Å². The van der Waals surface area contributed by atoms with Crippen molar-refractivity contribution < 1.29 is 32.7 Å². The Morgan fingerprint density at radius 2 is 1.43 bits per heavy atom. The van der Waals surface area contributed by atoms with Gasteiger partial charge in [0.2, 0.25) is 0 Å². The molecule has 0 N–H and O–H groups in total. The van der Waals surface area contributed by atoms with Gasteiger partial charge in [-0.1, -0.05) is 53.9 Å². The zero-order valence-electron chi connectivity index (χ0n) is 11.5. The quantitative estimate of drug-likeness (QED) is 0.450. The number of fused-ring (bicyclic) bond motifs is 2. The minimum absolute atomic E-state index is 0. The zero-order valence-corrected chi connectivity index (χ0v) is 14.3. The van der Waals surface area contributed by atoms with E-state index < -0.39 is 0 Å². The second-order valence-corrected chi connectivity index (χ2v) is 4.82. The Labute approximate surface area is 148 Å². The molecule has 4 aromatic rings. The van der Waals surface area contributed by atoms with E-state index in [1.807, 2.05) is 18.2 Å². The van der Waals surface area contributed by atoms with Crippen LogP contribution in [0.3, 0.4) is 0 Å². The van der Waals surface area contributed by atoms with Crippen LogP contribution in [0.25, 0.3) is 32.8 Å². The molecule has 1 aromatic heterocycles. The molecule has 97 valence electrons. The van der Waals surface area contributed by atoms with Gasteiger partial charge in [0, 0.05) is 38.2 Å². The third-order valence-electron chi connectivity index (χ3n) is 3.64. The summed E-state index contributed by atoms with van der Waals surface area (Å²) in [5.41, 5.74) is 3.34. The summed E-state index contributed by atoms with van der Waals surface area (Å²) in [5, 5.41) is 3.65. The standard InChI is InChI=1S/C19H12N.Y/c1-2-8-15-14(6-1)7-5-10-16(15)17-12-13-20-19-11-4-3-9-18(17)19;/h1-11,13H;/q-1;. The minimum Gasteiger partial charge on any atom is -0.283 e. The van der Waals surface area contributed by atoms with E-state index in [0.29, 0.717) is 0 Å². The van der Waals surface area contributed by atoms with E-state index in [0.717, 1.165) is 16.5 Å². The summed E-state index contributed by atoms with van der Waals surface area (Å²) < 4.78 is 0. The molecule has 0 fully saturated rings. The van der Waals surface area contributed by atoms with Gasteiger partial charge in [-0.05, 0) is 17.6 Å². The third kappa shape index (κ3) is 2.52. The Bertz CT molecular complexity index is 827. The first-order valence-electron chi connectivity index (χ1n) is 6.67. The van der Waals surface area contributed by atoms with E-state index in [1.54, 1.807) is 6.20 Å². The first kappa shape index (κ1) is 14.4. The van der Waals surface area contributed by atoms with Crippen LogP contribution in [-0.4, -0.2) is 4.98 Å². The van der Waals surface area contributed by atoms with Crippen LogP contribution in [0.1, 0.15) is 0 Å². The normalized spacial score (nSPS) is 10.5. The monoisotopic (exact) mass is 343 g/mol. The molecule has 0 saturated heterocycles. The first-order valence-corrected chi connectivity index (χ1v) is 6.67. The summed E-state index contributed by atoms with van der Waals surface area (Å²) in [6.45, 7) is 0. The molecule has 1 heterocycles. The number of benzene rings is 3. The summed E-state index contributed by atoms with van der Waals surface area (Å²) in [5.74, 6) is 0. The molecule has 0 saturated carbocycles. The van der Waals surface area contributed by atoms with Crippen molar-refractivity contribution in [1.29, 1.82) is 0 Å². The van der Waals surface area contributed by atoms with Crippen LogP contribution in [-0.2, 0) is 32.7 Å². The fourth-order valence-corrected chi connectivity index (χ4v) is 2.71. The smallest absolute Gasteiger partial charge is 0.0145 e. The van der Waals surface area contributed by atoms with Crippen LogP contribution in [0.15, 0.2) is 72.9 Å². The Morgan fingerprint density at radius 1 is 0.714 bits per heavy atom. The molecule has 0 aliphatic carbocycles. The molecule has 2 heteroatoms. The fourth-order valence-electron chi connectivity index (χ4n) is 2.71. The second kappa shape index (κ2) is 6.05. The summed E-state index contributed by atoms with van der Waals surface area (Å²) in [4.78, 5) is 4.39. The predicted molar refractivity (Wildman–Crippen MR) is 83.5 cm³/mol. The molecule has 3 aromatic carbocycles. The van der Waals surface area contributed by atoms with E-state index in [1.165, 1.54) is 16.3 Å². The maximum atomic E-state index is 4.39. The maximum absolute atomic E-state index is 4.39. The topological polar surface area (TPSA) is 12.9 Å². The average molecular weight is 343 g/mol. The van der Waals surface area contributed by atoms with Crippen molar-refractivity contribution in [2.24, 2.45) is 0 Å². The average Bonchev–Trinajstić information content (AvgIpc) is 2.54. The third-order valence-corrected chi connectivity index (χ3v) is 3.64. The van der Waals surface area contributed by atoms with Crippen molar-refractivity contribution in [1.82, 2.24) is 4.98 Å². The maximum Gasteiger partial charge on any atom is 0.0145 e. The first-order chi connectivity index (χ1) is 9.93. The molecule has 0 aliphatic rings. The molecule has 0 bridgehead atoms. The number of para-hydroxylation sites is 1. The molecular formula is C19H12NY-. The fraction of sp³-hybridized carbons (Fsp3) is 0. The van der Waals surface area contributed by atoms with Gasteiger partial charge >= 0.3 is 0 Å². The van der Waals surface area contributed by atoms with Gasteiger partial charge in [0.25, 0.3) is 0 Å². The Hall–Kier alpha value is -1.57. The predicted octanol–water partition coefficient (Wildman–Crippen LogP) is 4.85. The van der Waals surface area contributed by atoms with Gasteiger partial charge in [0.05, 0.1) is 0 Å². The van der Waals surface area contributed by atoms with Crippen LogP contribution in [0.5, 0.6) is 0 Å². The van der Waals surface area contributed by atoms with Gasteiger partial charge in [-0.25, -0.2) is 0 Å². The van der Waals surface area contributed by atoms with Crippen molar-refractivity contribution in [3.05, 3.63) is 79.0 Å². The molecule has 1 radical (unpaired) electrons. The molecule has 4 rings (SSSR count). The van der Waals surface area contributed by atoms with E-state index in [4.69, 9.17) is 0 Å². The van der Waals surface area contributed by atoms with Crippen molar-refractivity contribution in [2.45, 2.75) is 0 Å². The number of aromatic nitrogens is 1. The molecule has 0 atom stereocenters. The van der Waals surface area contributed by atoms with Crippen LogP contribution in [0.2, 0.25) is 0 Å². The van der Waals surface area contributed by atoms with Gasteiger partial charge < -0.3 is 0 Å². The van der Waals surface area contributed by atoms with E-state index in [-0.39, 0.29) is 32.7 Å². The van der Waals surface area contributed by atoms with E-state index in [9.17, 15) is 0 Å². The van der Waals surface area contributed by atoms with Crippen molar-refractivity contribution in [3.63, 3.8) is 0 Å². The molecule has 1 nitrogen and oxygen atoms in total. The summed E-state index contributed by atoms with van der Waals surface area (Å²) in [6.07, 6.45) is 1.76. The largest absolute Gasteiger partial charge is 0.283 e. The Morgan fingerprint density at radius 3 is 2.33 bits per heavy atom. The van der Waals surface area contributed by atoms with Crippen LogP contribution in [0.4, 0.5) is 0 Å². The summed E-state index contributed by atoms with van der Waals surface area (Å²) >= 11 is 0. The number of hydrogen-bond acceptors (Lipinski definition) is 1. The van der Waals surface area contributed by atoms with Gasteiger partial charge in [-0.2, -0.15) is 11.6 Å². The Kier molecular flexibility index (Phi) is 4.14. The molecule has 0 amide bonds. The minimum atomic E-state index is 0. The molecular weight excluding hydrogens is 331 g/mol. The van der Waals surface area contributed by atoms with Gasteiger partial charge in [0.1, 0.15) is 0 Å². The Balaban J connectivity index is 0.00000132. The second-order valence-electron chi connectivity index (χ2n) is 4.82. The number of pyridine rings is 1. The van der Waals surface area contributed by atoms with Crippen molar-refractivity contribution >= 4 is 21.7 Å². The molecule has 21 heavy (non-hydrogen) atoms. The number of hydrogen-bond donors (Lipinski definition) is 0. The SMILES string of the molecule is [Y].[c-]1cnc2ccccc2c1-c1cccc2ccccc12. The van der Waals surface area contributed by atoms with Gasteiger partial charge in [-0.3, -0.25) is 4.98 Å². The van der Waals surface area contributed by atoms with E-state index in [2.05, 4.69) is 59.6 Å². The van der Waals surface area contributed by atoms with E-state index >= 15 is 0 Å². The molecule has 0 unspecified atom stereocenters. The number of rotatable bonds is 1. The van der Waals surface area contributed by atoms with Crippen LogP contribution in [0, 0.1) is 6.07 Å². The summed E-state index contributed by atoms with van der Waals surface area (Å²) in [6, 6.07) is 26.4. The van der Waals surface area contributed by atoms with Crippen molar-refractivity contribution in [3.8, 4) is 11.1 Å². The van der Waals surface area contributed by atoms with Crippen LogP contribution < -0.4 is 0 Å². The van der Waals surface area contributed by atoms with Gasteiger partial charge in [0.15, 0.2) is 0 Å². The summed E-state index contributed by atoms with van der Waals surface area (Å²) in [7, 11) is 0. The van der Waals surface area contributed by atoms with Crippen molar-refractivity contribution in [2.75, 3.05) is 0 Å². The van der Waals surface area contributed by atoms with Gasteiger partial charge in [-0.15, -0.1) is 23.1 Å². The molecule has 0 spiro atoms.